The number of unbranched alkanes of at least 4 members (excludes halogenated alkanes) is 1. The van der Waals surface area contributed by atoms with Gasteiger partial charge in [-0.05, 0) is 36.9 Å². The van der Waals surface area contributed by atoms with Crippen LogP contribution in [0.1, 0.15) is 26.2 Å². The molecule has 1 fully saturated rings. The molecule has 0 radical (unpaired) electrons. The summed E-state index contributed by atoms with van der Waals surface area (Å²) >= 11 is 1.59. The van der Waals surface area contributed by atoms with Crippen molar-refractivity contribution in [2.45, 2.75) is 42.0 Å². The van der Waals surface area contributed by atoms with Crippen LogP contribution in [0.25, 0.3) is 0 Å². The molecular formula is C24H33N3O4S2. The smallest absolute Gasteiger partial charge is 0.310 e. The number of hydrogen-bond acceptors (Lipinski definition) is 7. The van der Waals surface area contributed by atoms with Crippen LogP contribution in [0.15, 0.2) is 52.3 Å². The lowest BCUT2D eigenvalue weighted by Gasteiger charge is -2.44. The van der Waals surface area contributed by atoms with Gasteiger partial charge in [-0.2, -0.15) is 0 Å². The molecule has 0 aromatic heterocycles. The Morgan fingerprint density at radius 3 is 2.42 bits per heavy atom. The summed E-state index contributed by atoms with van der Waals surface area (Å²) in [6.07, 6.45) is 4.92. The second-order valence-corrected chi connectivity index (χ2v) is 11.6. The van der Waals surface area contributed by atoms with E-state index in [0.29, 0.717) is 24.5 Å². The summed E-state index contributed by atoms with van der Waals surface area (Å²) in [7, 11) is -1.43. The molecule has 180 valence electrons. The normalized spacial score (nSPS) is 21.8. The predicted molar refractivity (Wildman–Crippen MR) is 137 cm³/mol. The van der Waals surface area contributed by atoms with Gasteiger partial charge in [0.1, 0.15) is 4.90 Å². The van der Waals surface area contributed by atoms with Crippen molar-refractivity contribution in [2.24, 2.45) is 5.92 Å². The topological polar surface area (TPSA) is 87.5 Å². The zero-order valence-corrected chi connectivity index (χ0v) is 21.0. The Labute approximate surface area is 201 Å². The van der Waals surface area contributed by atoms with E-state index in [1.54, 1.807) is 23.1 Å². The van der Waals surface area contributed by atoms with Crippen molar-refractivity contribution in [1.29, 1.82) is 0 Å². The summed E-state index contributed by atoms with van der Waals surface area (Å²) in [5.74, 6) is -1.18. The van der Waals surface area contributed by atoms with Crippen LogP contribution in [-0.4, -0.2) is 63.5 Å². The standard InChI is InChI=1S/C24H33N3O4S2/c1-4-5-9-19-16-27(18-10-7-6-8-11-18)21-12-22(32-3)20(26-14-17(15-26)24(28)29)13-23(21)33(30,31)25(19)2/h6-8,10-13,17,19,30-31H,4-5,9,14-16H2,1-3H3,(H,28,29). The Kier molecular flexibility index (Phi) is 7.16. The Bertz CT molecular complexity index is 999. The molecule has 1 saturated heterocycles. The summed E-state index contributed by atoms with van der Waals surface area (Å²) in [6.45, 7) is 3.66. The molecule has 1 unspecified atom stereocenters. The third-order valence-corrected chi connectivity index (χ3v) is 9.47. The highest BCUT2D eigenvalue weighted by atomic mass is 32.3. The van der Waals surface area contributed by atoms with E-state index in [4.69, 9.17) is 0 Å². The van der Waals surface area contributed by atoms with Crippen molar-refractivity contribution < 1.29 is 19.0 Å². The number of rotatable bonds is 7. The molecule has 2 aromatic carbocycles. The van der Waals surface area contributed by atoms with E-state index in [2.05, 4.69) is 24.0 Å². The fourth-order valence-corrected chi connectivity index (χ4v) is 6.81. The van der Waals surface area contributed by atoms with E-state index in [-0.39, 0.29) is 12.0 Å². The van der Waals surface area contributed by atoms with Crippen LogP contribution in [0.2, 0.25) is 0 Å². The lowest BCUT2D eigenvalue weighted by atomic mass is 9.99. The van der Waals surface area contributed by atoms with Crippen molar-refractivity contribution in [3.05, 3.63) is 42.5 Å². The number of benzene rings is 2. The molecule has 0 bridgehead atoms. The number of hydrogen-bond donors (Lipinski definition) is 3. The van der Waals surface area contributed by atoms with Gasteiger partial charge in [-0.1, -0.05) is 38.0 Å². The first kappa shape index (κ1) is 24.2. The maximum Gasteiger partial charge on any atom is 0.310 e. The van der Waals surface area contributed by atoms with Crippen LogP contribution in [0.5, 0.6) is 0 Å². The first-order valence-corrected chi connectivity index (χ1v) is 14.0. The molecule has 7 nitrogen and oxygen atoms in total. The quantitative estimate of drug-likeness (QED) is 0.432. The highest BCUT2D eigenvalue weighted by Gasteiger charge is 2.40. The van der Waals surface area contributed by atoms with Gasteiger partial charge in [0, 0.05) is 43.3 Å². The zero-order valence-electron chi connectivity index (χ0n) is 19.3. The van der Waals surface area contributed by atoms with Gasteiger partial charge >= 0.3 is 5.97 Å². The molecule has 1 atom stereocenters. The van der Waals surface area contributed by atoms with Crippen molar-refractivity contribution in [1.82, 2.24) is 4.31 Å². The largest absolute Gasteiger partial charge is 0.481 e. The monoisotopic (exact) mass is 491 g/mol. The number of carbonyl (C=O) groups is 1. The lowest BCUT2D eigenvalue weighted by molar-refractivity contribution is -0.142. The van der Waals surface area contributed by atoms with Gasteiger partial charge in [0.25, 0.3) is 0 Å². The second kappa shape index (κ2) is 9.76. The minimum absolute atomic E-state index is 0.0239. The Balaban J connectivity index is 1.84. The average molecular weight is 492 g/mol. The molecular weight excluding hydrogens is 458 g/mol. The van der Waals surface area contributed by atoms with E-state index < -0.39 is 16.7 Å². The Morgan fingerprint density at radius 2 is 1.82 bits per heavy atom. The van der Waals surface area contributed by atoms with E-state index in [9.17, 15) is 19.0 Å². The SMILES string of the molecule is CCCCC1CN(c2ccccc2)c2cc(SC)c(N3CC(C(=O)O)C3)cc2S(O)(O)N1C. The Morgan fingerprint density at radius 1 is 1.12 bits per heavy atom. The molecule has 2 aromatic rings. The van der Waals surface area contributed by atoms with Crippen LogP contribution in [0.4, 0.5) is 17.1 Å². The van der Waals surface area contributed by atoms with E-state index in [0.717, 1.165) is 41.2 Å². The van der Waals surface area contributed by atoms with Gasteiger partial charge in [-0.3, -0.25) is 13.9 Å². The number of anilines is 3. The van der Waals surface area contributed by atoms with Crippen LogP contribution >= 0.6 is 22.5 Å². The number of fused-ring (bicyclic) bond motifs is 1. The van der Waals surface area contributed by atoms with Crippen molar-refractivity contribution in [2.75, 3.05) is 42.7 Å². The first-order chi connectivity index (χ1) is 15.8. The summed E-state index contributed by atoms with van der Waals surface area (Å²) in [6, 6.07) is 14.0. The van der Waals surface area contributed by atoms with E-state index in [1.807, 2.05) is 41.5 Å². The molecule has 4 rings (SSSR count). The minimum Gasteiger partial charge on any atom is -0.481 e. The number of likely N-dealkylation sites (N-methyl/N-ethyl adjacent to an activating group) is 1. The van der Waals surface area contributed by atoms with Crippen LogP contribution in [0, 0.1) is 5.92 Å². The maximum atomic E-state index is 11.5. The molecule has 9 heteroatoms. The molecule has 2 aliphatic rings. The van der Waals surface area contributed by atoms with Gasteiger partial charge in [0.15, 0.2) is 0 Å². The van der Waals surface area contributed by atoms with E-state index in [1.165, 1.54) is 0 Å². The lowest BCUT2D eigenvalue weighted by Crippen LogP contribution is -2.50. The van der Waals surface area contributed by atoms with Crippen LogP contribution in [0.3, 0.4) is 0 Å². The van der Waals surface area contributed by atoms with Gasteiger partial charge in [-0.15, -0.1) is 22.5 Å². The molecule has 3 N–H and O–H groups in total. The fraction of sp³-hybridized carbons (Fsp3) is 0.458. The highest BCUT2D eigenvalue weighted by molar-refractivity contribution is 8.22. The Hall–Kier alpha value is -1.91. The van der Waals surface area contributed by atoms with E-state index >= 15 is 0 Å². The first-order valence-electron chi connectivity index (χ1n) is 11.3. The highest BCUT2D eigenvalue weighted by Crippen LogP contribution is 2.60. The molecule has 0 amide bonds. The third-order valence-electron chi connectivity index (χ3n) is 6.69. The van der Waals surface area contributed by atoms with Gasteiger partial charge in [-0.25, -0.2) is 4.31 Å². The fourth-order valence-electron chi connectivity index (χ4n) is 4.56. The number of nitrogens with zero attached hydrogens (tertiary/aromatic N) is 3. The molecule has 2 heterocycles. The zero-order chi connectivity index (χ0) is 23.8. The molecule has 0 saturated carbocycles. The second-order valence-electron chi connectivity index (χ2n) is 8.74. The number of para-hydroxylation sites is 1. The minimum atomic E-state index is -3.23. The summed E-state index contributed by atoms with van der Waals surface area (Å²) in [5.41, 5.74) is 2.68. The number of aliphatic carboxylic acids is 1. The number of thioether (sulfide) groups is 1. The summed E-state index contributed by atoms with van der Waals surface area (Å²) in [5, 5.41) is 9.31. The van der Waals surface area contributed by atoms with Crippen molar-refractivity contribution >= 4 is 45.6 Å². The number of carboxylic acid groups (broad SMARTS) is 1. The van der Waals surface area contributed by atoms with Gasteiger partial charge < -0.3 is 14.9 Å². The van der Waals surface area contributed by atoms with Gasteiger partial charge in [0.05, 0.1) is 17.3 Å². The van der Waals surface area contributed by atoms with Crippen molar-refractivity contribution in [3.63, 3.8) is 0 Å². The average Bonchev–Trinajstić information content (AvgIpc) is 2.85. The number of carboxylic acids is 1. The molecule has 33 heavy (non-hydrogen) atoms. The van der Waals surface area contributed by atoms with Crippen LogP contribution < -0.4 is 9.80 Å². The van der Waals surface area contributed by atoms with Crippen molar-refractivity contribution in [3.8, 4) is 0 Å². The van der Waals surface area contributed by atoms with Gasteiger partial charge in [0.2, 0.25) is 0 Å². The summed E-state index contributed by atoms with van der Waals surface area (Å²) in [4.78, 5) is 17.1. The third kappa shape index (κ3) is 4.57. The maximum absolute atomic E-state index is 11.5. The van der Waals surface area contributed by atoms with Crippen LogP contribution in [-0.2, 0) is 4.79 Å². The molecule has 0 spiro atoms. The molecule has 2 aliphatic heterocycles. The predicted octanol–water partition coefficient (Wildman–Crippen LogP) is 5.60. The molecule has 0 aliphatic carbocycles. The summed E-state index contributed by atoms with van der Waals surface area (Å²) < 4.78 is 24.8.